The minimum atomic E-state index is 0.472. The number of piperazine rings is 1. The smallest absolute Gasteiger partial charge is 0.0334 e. The second-order valence-corrected chi connectivity index (χ2v) is 7.91. The standard InChI is InChI=1S/C18H30N2S/c1-3-15(2)17-12-20(10-6-16-7-11-21-13-16)18(14-19-17)8-4-5-9-18/h7,11,13,15,17,19H,3-6,8-10,12,14H2,1-2H3. The zero-order chi connectivity index (χ0) is 14.7. The largest absolute Gasteiger partial charge is 0.311 e. The van der Waals surface area contributed by atoms with Crippen molar-refractivity contribution in [2.24, 2.45) is 5.92 Å². The number of nitrogens with zero attached hydrogens (tertiary/aromatic N) is 1. The van der Waals surface area contributed by atoms with E-state index < -0.39 is 0 Å². The van der Waals surface area contributed by atoms with E-state index in [9.17, 15) is 0 Å². The van der Waals surface area contributed by atoms with Crippen LogP contribution >= 0.6 is 11.3 Å². The third-order valence-electron chi connectivity index (χ3n) is 5.90. The zero-order valence-electron chi connectivity index (χ0n) is 13.6. The second-order valence-electron chi connectivity index (χ2n) is 7.13. The fraction of sp³-hybridized carbons (Fsp3) is 0.778. The summed E-state index contributed by atoms with van der Waals surface area (Å²) < 4.78 is 0. The van der Waals surface area contributed by atoms with Gasteiger partial charge in [0.05, 0.1) is 0 Å². The average molecular weight is 307 g/mol. The molecule has 2 fully saturated rings. The van der Waals surface area contributed by atoms with Crippen molar-refractivity contribution in [1.82, 2.24) is 10.2 Å². The second kappa shape index (κ2) is 6.80. The van der Waals surface area contributed by atoms with Gasteiger partial charge in [-0.05, 0) is 47.6 Å². The highest BCUT2D eigenvalue weighted by molar-refractivity contribution is 7.07. The Kier molecular flexibility index (Phi) is 5.03. The molecular formula is C18H30N2S. The van der Waals surface area contributed by atoms with E-state index in [0.717, 1.165) is 5.92 Å². The molecule has 0 bridgehead atoms. The molecule has 2 aliphatic rings. The Morgan fingerprint density at radius 1 is 1.43 bits per heavy atom. The fourth-order valence-corrected chi connectivity index (χ4v) is 4.85. The lowest BCUT2D eigenvalue weighted by Gasteiger charge is -2.49. The summed E-state index contributed by atoms with van der Waals surface area (Å²) in [6, 6.07) is 2.98. The van der Waals surface area contributed by atoms with E-state index in [4.69, 9.17) is 0 Å². The molecule has 118 valence electrons. The van der Waals surface area contributed by atoms with E-state index in [-0.39, 0.29) is 0 Å². The van der Waals surface area contributed by atoms with Crippen LogP contribution in [0.25, 0.3) is 0 Å². The van der Waals surface area contributed by atoms with Crippen LogP contribution in [-0.4, -0.2) is 36.1 Å². The number of thiophene rings is 1. The molecule has 1 aliphatic carbocycles. The molecule has 0 radical (unpaired) electrons. The van der Waals surface area contributed by atoms with E-state index in [1.807, 2.05) is 11.3 Å². The maximum Gasteiger partial charge on any atom is 0.0334 e. The van der Waals surface area contributed by atoms with Gasteiger partial charge in [0, 0.05) is 31.2 Å². The summed E-state index contributed by atoms with van der Waals surface area (Å²) in [6.45, 7) is 8.43. The molecule has 21 heavy (non-hydrogen) atoms. The predicted molar refractivity (Wildman–Crippen MR) is 92.0 cm³/mol. The van der Waals surface area contributed by atoms with Crippen molar-refractivity contribution in [3.63, 3.8) is 0 Å². The van der Waals surface area contributed by atoms with Crippen LogP contribution in [0.15, 0.2) is 16.8 Å². The van der Waals surface area contributed by atoms with Gasteiger partial charge in [0.25, 0.3) is 0 Å². The Balaban J connectivity index is 1.67. The van der Waals surface area contributed by atoms with Gasteiger partial charge in [0.15, 0.2) is 0 Å². The first-order chi connectivity index (χ1) is 10.2. The van der Waals surface area contributed by atoms with Crippen molar-refractivity contribution in [2.75, 3.05) is 19.6 Å². The SMILES string of the molecule is CCC(C)C1CN(CCc2ccsc2)C2(CCCC2)CN1. The summed E-state index contributed by atoms with van der Waals surface area (Å²) in [4.78, 5) is 2.85. The normalized spacial score (nSPS) is 27.2. The van der Waals surface area contributed by atoms with Gasteiger partial charge < -0.3 is 5.32 Å². The number of hydrogen-bond donors (Lipinski definition) is 1. The maximum absolute atomic E-state index is 3.89. The van der Waals surface area contributed by atoms with Crippen LogP contribution in [0.5, 0.6) is 0 Å². The molecule has 0 amide bonds. The summed E-state index contributed by atoms with van der Waals surface area (Å²) in [7, 11) is 0. The molecule has 1 saturated carbocycles. The summed E-state index contributed by atoms with van der Waals surface area (Å²) in [5.74, 6) is 0.785. The van der Waals surface area contributed by atoms with Crippen molar-refractivity contribution in [3.8, 4) is 0 Å². The lowest BCUT2D eigenvalue weighted by Crippen LogP contribution is -2.65. The van der Waals surface area contributed by atoms with E-state index in [1.54, 1.807) is 0 Å². The first-order valence-corrected chi connectivity index (χ1v) is 9.67. The number of hydrogen-bond acceptors (Lipinski definition) is 3. The summed E-state index contributed by atoms with van der Waals surface area (Å²) in [5, 5.41) is 8.41. The predicted octanol–water partition coefficient (Wildman–Crippen LogP) is 3.92. The van der Waals surface area contributed by atoms with Crippen LogP contribution in [0, 0.1) is 5.92 Å². The highest BCUT2D eigenvalue weighted by atomic mass is 32.1. The van der Waals surface area contributed by atoms with Gasteiger partial charge in [-0.1, -0.05) is 33.1 Å². The number of rotatable bonds is 5. The first kappa shape index (κ1) is 15.5. The Morgan fingerprint density at radius 2 is 2.24 bits per heavy atom. The Bertz CT molecular complexity index is 422. The third-order valence-corrected chi connectivity index (χ3v) is 6.63. The van der Waals surface area contributed by atoms with Gasteiger partial charge >= 0.3 is 0 Å². The topological polar surface area (TPSA) is 15.3 Å². The van der Waals surface area contributed by atoms with Gasteiger partial charge in [0.1, 0.15) is 0 Å². The van der Waals surface area contributed by atoms with Crippen LogP contribution < -0.4 is 5.32 Å². The van der Waals surface area contributed by atoms with Crippen LogP contribution in [0.3, 0.4) is 0 Å². The fourth-order valence-electron chi connectivity index (χ4n) is 4.15. The van der Waals surface area contributed by atoms with E-state index in [0.29, 0.717) is 11.6 Å². The van der Waals surface area contributed by atoms with Crippen LogP contribution in [0.2, 0.25) is 0 Å². The van der Waals surface area contributed by atoms with Crippen molar-refractivity contribution in [3.05, 3.63) is 22.4 Å². The lowest BCUT2D eigenvalue weighted by atomic mass is 9.87. The first-order valence-electron chi connectivity index (χ1n) is 8.73. The highest BCUT2D eigenvalue weighted by Crippen LogP contribution is 2.37. The van der Waals surface area contributed by atoms with Crippen LogP contribution in [0.4, 0.5) is 0 Å². The molecule has 0 aromatic carbocycles. The molecule has 2 nitrogen and oxygen atoms in total. The summed E-state index contributed by atoms with van der Waals surface area (Å²) in [6.07, 6.45) is 8.14. The molecule has 1 aliphatic heterocycles. The average Bonchev–Trinajstić information content (AvgIpc) is 3.18. The van der Waals surface area contributed by atoms with Crippen LogP contribution in [0.1, 0.15) is 51.5 Å². The quantitative estimate of drug-likeness (QED) is 0.887. The van der Waals surface area contributed by atoms with Gasteiger partial charge in [-0.15, -0.1) is 0 Å². The maximum atomic E-state index is 3.89. The summed E-state index contributed by atoms with van der Waals surface area (Å²) >= 11 is 1.83. The molecule has 1 aromatic rings. The molecular weight excluding hydrogens is 276 g/mol. The van der Waals surface area contributed by atoms with Crippen molar-refractivity contribution < 1.29 is 0 Å². The van der Waals surface area contributed by atoms with E-state index in [1.165, 1.54) is 63.7 Å². The molecule has 1 saturated heterocycles. The monoisotopic (exact) mass is 306 g/mol. The van der Waals surface area contributed by atoms with Gasteiger partial charge in [0.2, 0.25) is 0 Å². The molecule has 3 rings (SSSR count). The molecule has 1 N–H and O–H groups in total. The minimum Gasteiger partial charge on any atom is -0.311 e. The molecule has 2 atom stereocenters. The van der Waals surface area contributed by atoms with Crippen molar-refractivity contribution in [2.45, 2.75) is 64.0 Å². The molecule has 1 aromatic heterocycles. The molecule has 1 spiro atoms. The Morgan fingerprint density at radius 3 is 2.90 bits per heavy atom. The summed E-state index contributed by atoms with van der Waals surface area (Å²) in [5.41, 5.74) is 1.99. The lowest BCUT2D eigenvalue weighted by molar-refractivity contribution is 0.0318. The molecule has 3 heteroatoms. The minimum absolute atomic E-state index is 0.472. The van der Waals surface area contributed by atoms with E-state index >= 15 is 0 Å². The van der Waals surface area contributed by atoms with Gasteiger partial charge in [-0.2, -0.15) is 11.3 Å². The third kappa shape index (κ3) is 3.35. The van der Waals surface area contributed by atoms with Crippen molar-refractivity contribution in [1.29, 1.82) is 0 Å². The zero-order valence-corrected chi connectivity index (χ0v) is 14.4. The number of nitrogens with one attached hydrogen (secondary N) is 1. The highest BCUT2D eigenvalue weighted by Gasteiger charge is 2.43. The molecule has 2 unspecified atom stereocenters. The molecule has 2 heterocycles. The Labute approximate surface area is 133 Å². The van der Waals surface area contributed by atoms with Gasteiger partial charge in [-0.3, -0.25) is 4.90 Å². The van der Waals surface area contributed by atoms with Gasteiger partial charge in [-0.25, -0.2) is 0 Å². The van der Waals surface area contributed by atoms with Crippen molar-refractivity contribution >= 4 is 11.3 Å². The van der Waals surface area contributed by atoms with E-state index in [2.05, 4.69) is 40.9 Å². The Hall–Kier alpha value is -0.380. The van der Waals surface area contributed by atoms with Crippen LogP contribution in [-0.2, 0) is 6.42 Å².